The maximum atomic E-state index is 11.6. The molecule has 0 spiro atoms. The molecule has 0 saturated carbocycles. The molecule has 2 aromatic heterocycles. The van der Waals surface area contributed by atoms with E-state index in [-0.39, 0.29) is 12.3 Å². The number of hydrogen-bond donors (Lipinski definition) is 3. The molecule has 116 valence electrons. The molecule has 0 aliphatic heterocycles. The van der Waals surface area contributed by atoms with Crippen LogP contribution in [-0.4, -0.2) is 48.2 Å². The summed E-state index contributed by atoms with van der Waals surface area (Å²) in [5.41, 5.74) is 0.664. The second-order valence-electron chi connectivity index (χ2n) is 4.41. The van der Waals surface area contributed by atoms with E-state index in [9.17, 15) is 8.42 Å². The second kappa shape index (κ2) is 6.72. The zero-order chi connectivity index (χ0) is 15.3. The maximum Gasteiger partial charge on any atom is 0.213 e. The summed E-state index contributed by atoms with van der Waals surface area (Å²) in [5.74, 6) is 1.26. The van der Waals surface area contributed by atoms with Gasteiger partial charge in [-0.05, 0) is 6.92 Å². The minimum atomic E-state index is -3.25. The van der Waals surface area contributed by atoms with Crippen molar-refractivity contribution in [1.82, 2.24) is 19.1 Å². The summed E-state index contributed by atoms with van der Waals surface area (Å²) in [4.78, 5) is 8.62. The average Bonchev–Trinajstić information content (AvgIpc) is 2.87. The first-order valence-corrected chi connectivity index (χ1v) is 8.49. The summed E-state index contributed by atoms with van der Waals surface area (Å²) in [6.07, 6.45) is 5.33. The Kier molecular flexibility index (Phi) is 4.97. The fraction of sp³-hybridized carbons (Fsp3) is 0.500. The van der Waals surface area contributed by atoms with Gasteiger partial charge in [0.2, 0.25) is 10.0 Å². The van der Waals surface area contributed by atoms with Crippen LogP contribution in [0.2, 0.25) is 0 Å². The molecule has 0 bridgehead atoms. The molecular formula is C12H20N6O2S. The fourth-order valence-electron chi connectivity index (χ4n) is 1.91. The van der Waals surface area contributed by atoms with Crippen molar-refractivity contribution in [2.24, 2.45) is 0 Å². The van der Waals surface area contributed by atoms with Crippen LogP contribution in [0, 0.1) is 0 Å². The van der Waals surface area contributed by atoms with Crippen LogP contribution in [0.3, 0.4) is 0 Å². The van der Waals surface area contributed by atoms with Crippen LogP contribution in [-0.2, 0) is 10.0 Å². The van der Waals surface area contributed by atoms with Crippen molar-refractivity contribution in [2.45, 2.75) is 13.8 Å². The molecule has 0 aliphatic carbocycles. The van der Waals surface area contributed by atoms with E-state index in [1.54, 1.807) is 13.1 Å². The number of fused-ring (bicyclic) bond motifs is 1. The van der Waals surface area contributed by atoms with Crippen LogP contribution < -0.4 is 15.4 Å². The van der Waals surface area contributed by atoms with E-state index in [0.29, 0.717) is 23.8 Å². The lowest BCUT2D eigenvalue weighted by Gasteiger charge is -2.10. The van der Waals surface area contributed by atoms with Crippen molar-refractivity contribution in [1.29, 1.82) is 0 Å². The van der Waals surface area contributed by atoms with Gasteiger partial charge in [0.25, 0.3) is 0 Å². The maximum absolute atomic E-state index is 11.6. The van der Waals surface area contributed by atoms with Crippen LogP contribution in [0.1, 0.15) is 13.8 Å². The third kappa shape index (κ3) is 4.05. The third-order valence-electron chi connectivity index (χ3n) is 2.76. The molecule has 0 aromatic carbocycles. The second-order valence-corrected chi connectivity index (χ2v) is 6.33. The Morgan fingerprint density at radius 3 is 2.76 bits per heavy atom. The summed E-state index contributed by atoms with van der Waals surface area (Å²) in [6, 6.07) is 0. The van der Waals surface area contributed by atoms with Crippen molar-refractivity contribution < 1.29 is 8.42 Å². The lowest BCUT2D eigenvalue weighted by Crippen LogP contribution is -2.29. The van der Waals surface area contributed by atoms with E-state index in [1.165, 1.54) is 0 Å². The first kappa shape index (κ1) is 15.5. The highest BCUT2D eigenvalue weighted by atomic mass is 32.2. The van der Waals surface area contributed by atoms with Crippen molar-refractivity contribution in [2.75, 3.05) is 36.0 Å². The zero-order valence-corrected chi connectivity index (χ0v) is 12.9. The number of nitrogens with one attached hydrogen (secondary N) is 3. The Morgan fingerprint density at radius 2 is 2.05 bits per heavy atom. The first-order chi connectivity index (χ1) is 10.1. The molecule has 2 aromatic rings. The third-order valence-corrected chi connectivity index (χ3v) is 4.23. The molecular weight excluding hydrogens is 292 g/mol. The molecule has 0 saturated heterocycles. The van der Waals surface area contributed by atoms with Gasteiger partial charge in [0.05, 0.1) is 11.9 Å². The SMILES string of the molecule is CCNc1cn2ccnc2c(NCCS(=O)(=O)NCC)n1. The number of imidazole rings is 1. The molecule has 0 aliphatic rings. The Balaban J connectivity index is 2.12. The van der Waals surface area contributed by atoms with Crippen LogP contribution in [0.25, 0.3) is 5.65 Å². The lowest BCUT2D eigenvalue weighted by atomic mass is 10.5. The summed E-state index contributed by atoms with van der Waals surface area (Å²) in [6.45, 7) is 5.14. The van der Waals surface area contributed by atoms with E-state index in [0.717, 1.165) is 6.54 Å². The number of hydrogen-bond acceptors (Lipinski definition) is 6. The normalized spacial score (nSPS) is 11.7. The molecule has 2 rings (SSSR count). The first-order valence-electron chi connectivity index (χ1n) is 6.84. The Morgan fingerprint density at radius 1 is 1.24 bits per heavy atom. The summed E-state index contributed by atoms with van der Waals surface area (Å²) >= 11 is 0. The van der Waals surface area contributed by atoms with E-state index in [1.807, 2.05) is 23.7 Å². The lowest BCUT2D eigenvalue weighted by molar-refractivity contribution is 0.584. The quantitative estimate of drug-likeness (QED) is 0.657. The minimum absolute atomic E-state index is 0.0131. The van der Waals surface area contributed by atoms with Crippen molar-refractivity contribution in [3.05, 3.63) is 18.6 Å². The van der Waals surface area contributed by atoms with Gasteiger partial charge < -0.3 is 15.0 Å². The highest BCUT2D eigenvalue weighted by molar-refractivity contribution is 7.89. The zero-order valence-electron chi connectivity index (χ0n) is 12.1. The van der Waals surface area contributed by atoms with Gasteiger partial charge in [0.15, 0.2) is 11.5 Å². The van der Waals surface area contributed by atoms with Crippen molar-refractivity contribution in [3.63, 3.8) is 0 Å². The summed E-state index contributed by atoms with van der Waals surface area (Å²) in [5, 5.41) is 6.16. The molecule has 3 N–H and O–H groups in total. The highest BCUT2D eigenvalue weighted by Crippen LogP contribution is 2.15. The van der Waals surface area contributed by atoms with Gasteiger partial charge in [-0.15, -0.1) is 0 Å². The van der Waals surface area contributed by atoms with Crippen LogP contribution in [0.4, 0.5) is 11.6 Å². The van der Waals surface area contributed by atoms with Crippen LogP contribution in [0.5, 0.6) is 0 Å². The van der Waals surface area contributed by atoms with Gasteiger partial charge in [-0.25, -0.2) is 23.1 Å². The van der Waals surface area contributed by atoms with E-state index >= 15 is 0 Å². The molecule has 8 nitrogen and oxygen atoms in total. The van der Waals surface area contributed by atoms with Gasteiger partial charge in [-0.3, -0.25) is 0 Å². The van der Waals surface area contributed by atoms with E-state index in [4.69, 9.17) is 0 Å². The number of nitrogens with zero attached hydrogens (tertiary/aromatic N) is 3. The number of aromatic nitrogens is 3. The fourth-order valence-corrected chi connectivity index (χ4v) is 2.87. The highest BCUT2D eigenvalue weighted by Gasteiger charge is 2.10. The van der Waals surface area contributed by atoms with Crippen molar-refractivity contribution >= 4 is 27.3 Å². The molecule has 21 heavy (non-hydrogen) atoms. The molecule has 0 unspecified atom stereocenters. The van der Waals surface area contributed by atoms with E-state index in [2.05, 4.69) is 25.3 Å². The van der Waals surface area contributed by atoms with E-state index < -0.39 is 10.0 Å². The largest absolute Gasteiger partial charge is 0.369 e. The number of anilines is 2. The Bertz CT molecular complexity index is 697. The number of rotatable bonds is 8. The average molecular weight is 312 g/mol. The smallest absolute Gasteiger partial charge is 0.213 e. The Labute approximate surface area is 124 Å². The van der Waals surface area contributed by atoms with Crippen molar-refractivity contribution in [3.8, 4) is 0 Å². The van der Waals surface area contributed by atoms with Gasteiger partial charge >= 0.3 is 0 Å². The number of sulfonamides is 1. The standard InChI is InChI=1S/C12H20N6O2S/c1-3-13-10-9-18-7-5-15-12(18)11(17-10)14-6-8-21(19,20)16-4-2/h5,7,9,13,16H,3-4,6,8H2,1-2H3,(H,14,17). The topological polar surface area (TPSA) is 100 Å². The van der Waals surface area contributed by atoms with Gasteiger partial charge in [-0.2, -0.15) is 0 Å². The van der Waals surface area contributed by atoms with Crippen LogP contribution in [0.15, 0.2) is 18.6 Å². The minimum Gasteiger partial charge on any atom is -0.369 e. The molecule has 0 amide bonds. The molecule has 0 fully saturated rings. The predicted octanol–water partition coefficient (Wildman–Crippen LogP) is 0.512. The molecule has 2 heterocycles. The van der Waals surface area contributed by atoms with Gasteiger partial charge in [-0.1, -0.05) is 6.92 Å². The Hall–Kier alpha value is -1.87. The van der Waals surface area contributed by atoms with Crippen LogP contribution >= 0.6 is 0 Å². The monoisotopic (exact) mass is 312 g/mol. The molecule has 0 atom stereocenters. The summed E-state index contributed by atoms with van der Waals surface area (Å²) in [7, 11) is -3.25. The molecule has 9 heteroatoms. The van der Waals surface area contributed by atoms with Gasteiger partial charge in [0.1, 0.15) is 5.82 Å². The summed E-state index contributed by atoms with van der Waals surface area (Å²) < 4.78 is 27.5. The predicted molar refractivity (Wildman–Crippen MR) is 83.1 cm³/mol. The molecule has 0 radical (unpaired) electrons. The van der Waals surface area contributed by atoms with Gasteiger partial charge in [0, 0.05) is 32.0 Å².